The highest BCUT2D eigenvalue weighted by atomic mass is 32.2. The smallest absolute Gasteiger partial charge is 0.119 e. The summed E-state index contributed by atoms with van der Waals surface area (Å²) >= 11 is 1.93. The van der Waals surface area contributed by atoms with Crippen LogP contribution in [0.2, 0.25) is 0 Å². The average molecular weight is 265 g/mol. The Balaban J connectivity index is 1.92. The third-order valence-corrected chi connectivity index (χ3v) is 4.35. The lowest BCUT2D eigenvalue weighted by atomic mass is 9.88. The van der Waals surface area contributed by atoms with Crippen LogP contribution in [-0.4, -0.2) is 17.6 Å². The van der Waals surface area contributed by atoms with Crippen molar-refractivity contribution >= 4 is 11.8 Å². The molecule has 0 aromatic heterocycles. The molecule has 0 heterocycles. The molecule has 0 aliphatic heterocycles. The van der Waals surface area contributed by atoms with E-state index < -0.39 is 0 Å². The topological polar surface area (TPSA) is 35.2 Å². The summed E-state index contributed by atoms with van der Waals surface area (Å²) in [6.45, 7) is 5.20. The van der Waals surface area contributed by atoms with Crippen LogP contribution in [0.4, 0.5) is 0 Å². The Labute approximate surface area is 114 Å². The second kappa shape index (κ2) is 6.48. The summed E-state index contributed by atoms with van der Waals surface area (Å²) in [5.41, 5.74) is 8.84. The molecule has 1 aliphatic carbocycles. The first kappa shape index (κ1) is 13.8. The number of aryl methyl sites for hydroxylation is 1. The first-order valence-electron chi connectivity index (χ1n) is 6.79. The Hall–Kier alpha value is -0.670. The molecule has 2 N–H and O–H groups in total. The summed E-state index contributed by atoms with van der Waals surface area (Å²) in [4.78, 5) is 0. The summed E-state index contributed by atoms with van der Waals surface area (Å²) in [5.74, 6) is 2.01. The van der Waals surface area contributed by atoms with E-state index in [0.29, 0.717) is 5.25 Å². The van der Waals surface area contributed by atoms with Crippen molar-refractivity contribution in [1.29, 1.82) is 0 Å². The standard InChI is InChI=1S/C15H23NOS/c1-11(2)18-9-8-17-13-7-6-12-4-3-5-15(16)14(12)10-13/h6-7,10-11,15H,3-5,8-9,16H2,1-2H3/t15-/m0/s1. The molecule has 0 saturated heterocycles. The number of thioether (sulfide) groups is 1. The van der Waals surface area contributed by atoms with E-state index in [1.165, 1.54) is 17.5 Å². The van der Waals surface area contributed by atoms with E-state index in [-0.39, 0.29) is 6.04 Å². The van der Waals surface area contributed by atoms with Crippen molar-refractivity contribution in [1.82, 2.24) is 0 Å². The van der Waals surface area contributed by atoms with Crippen LogP contribution in [0.3, 0.4) is 0 Å². The maximum absolute atomic E-state index is 6.15. The molecule has 1 aromatic carbocycles. The van der Waals surface area contributed by atoms with Crippen molar-refractivity contribution < 1.29 is 4.74 Å². The minimum atomic E-state index is 0.197. The van der Waals surface area contributed by atoms with Crippen molar-refractivity contribution in [2.75, 3.05) is 12.4 Å². The molecule has 1 aromatic rings. The highest BCUT2D eigenvalue weighted by molar-refractivity contribution is 7.99. The highest BCUT2D eigenvalue weighted by Gasteiger charge is 2.17. The largest absolute Gasteiger partial charge is 0.493 e. The van der Waals surface area contributed by atoms with Crippen LogP contribution in [0.15, 0.2) is 18.2 Å². The molecule has 1 atom stereocenters. The average Bonchev–Trinajstić information content (AvgIpc) is 2.35. The van der Waals surface area contributed by atoms with Crippen molar-refractivity contribution in [3.63, 3.8) is 0 Å². The lowest BCUT2D eigenvalue weighted by Gasteiger charge is -2.22. The van der Waals surface area contributed by atoms with Gasteiger partial charge in [0.1, 0.15) is 5.75 Å². The number of ether oxygens (including phenoxy) is 1. The second-order valence-electron chi connectivity index (χ2n) is 5.13. The molecule has 2 rings (SSSR count). The summed E-state index contributed by atoms with van der Waals surface area (Å²) in [5, 5.41) is 0.672. The van der Waals surface area contributed by atoms with Gasteiger partial charge in [-0.3, -0.25) is 0 Å². The first-order chi connectivity index (χ1) is 8.66. The normalized spacial score (nSPS) is 18.8. The summed E-state index contributed by atoms with van der Waals surface area (Å²) < 4.78 is 5.79. The number of hydrogen-bond acceptors (Lipinski definition) is 3. The van der Waals surface area contributed by atoms with Gasteiger partial charge in [-0.1, -0.05) is 19.9 Å². The highest BCUT2D eigenvalue weighted by Crippen LogP contribution is 2.30. The Morgan fingerprint density at radius 2 is 2.28 bits per heavy atom. The van der Waals surface area contributed by atoms with Crippen LogP contribution >= 0.6 is 11.8 Å². The van der Waals surface area contributed by atoms with Crippen molar-refractivity contribution in [3.05, 3.63) is 29.3 Å². The zero-order valence-electron chi connectivity index (χ0n) is 11.3. The van der Waals surface area contributed by atoms with E-state index in [1.54, 1.807) is 0 Å². The van der Waals surface area contributed by atoms with Crippen molar-refractivity contribution in [2.45, 2.75) is 44.4 Å². The van der Waals surface area contributed by atoms with Crippen LogP contribution in [0.1, 0.15) is 43.9 Å². The van der Waals surface area contributed by atoms with Gasteiger partial charge in [-0.15, -0.1) is 0 Å². The van der Waals surface area contributed by atoms with Gasteiger partial charge in [0.15, 0.2) is 0 Å². The predicted octanol–water partition coefficient (Wildman–Crippen LogP) is 3.54. The Morgan fingerprint density at radius 1 is 1.44 bits per heavy atom. The maximum Gasteiger partial charge on any atom is 0.119 e. The maximum atomic E-state index is 6.15. The fraction of sp³-hybridized carbons (Fsp3) is 0.600. The van der Waals surface area contributed by atoms with Crippen molar-refractivity contribution in [3.8, 4) is 5.75 Å². The Morgan fingerprint density at radius 3 is 3.06 bits per heavy atom. The van der Waals surface area contributed by atoms with Gasteiger partial charge in [0.05, 0.1) is 6.61 Å². The molecule has 0 amide bonds. The van der Waals surface area contributed by atoms with E-state index in [0.717, 1.165) is 31.0 Å². The molecule has 0 bridgehead atoms. The summed E-state index contributed by atoms with van der Waals surface area (Å²) in [6.07, 6.45) is 3.46. The van der Waals surface area contributed by atoms with Gasteiger partial charge in [0.2, 0.25) is 0 Å². The van der Waals surface area contributed by atoms with Crippen molar-refractivity contribution in [2.24, 2.45) is 5.73 Å². The van der Waals surface area contributed by atoms with Gasteiger partial charge in [-0.2, -0.15) is 11.8 Å². The molecule has 18 heavy (non-hydrogen) atoms. The lowest BCUT2D eigenvalue weighted by Crippen LogP contribution is -2.17. The van der Waals surface area contributed by atoms with E-state index in [9.17, 15) is 0 Å². The minimum Gasteiger partial charge on any atom is -0.493 e. The lowest BCUT2D eigenvalue weighted by molar-refractivity contribution is 0.342. The van der Waals surface area contributed by atoms with E-state index in [1.807, 2.05) is 11.8 Å². The summed E-state index contributed by atoms with van der Waals surface area (Å²) in [6, 6.07) is 6.59. The molecule has 100 valence electrons. The van der Waals surface area contributed by atoms with Gasteiger partial charge in [0.25, 0.3) is 0 Å². The zero-order chi connectivity index (χ0) is 13.0. The monoisotopic (exact) mass is 265 g/mol. The molecular weight excluding hydrogens is 242 g/mol. The third-order valence-electron chi connectivity index (χ3n) is 3.28. The predicted molar refractivity (Wildman–Crippen MR) is 79.4 cm³/mol. The number of fused-ring (bicyclic) bond motifs is 1. The molecule has 0 spiro atoms. The summed E-state index contributed by atoms with van der Waals surface area (Å²) in [7, 11) is 0. The van der Waals surface area contributed by atoms with Crippen LogP contribution in [0.25, 0.3) is 0 Å². The van der Waals surface area contributed by atoms with Crippen LogP contribution in [0.5, 0.6) is 5.75 Å². The fourth-order valence-corrected chi connectivity index (χ4v) is 3.00. The zero-order valence-corrected chi connectivity index (χ0v) is 12.1. The minimum absolute atomic E-state index is 0.197. The third kappa shape index (κ3) is 3.66. The molecule has 0 saturated carbocycles. The van der Waals surface area contributed by atoms with Gasteiger partial charge >= 0.3 is 0 Å². The molecular formula is C15H23NOS. The molecule has 0 radical (unpaired) electrons. The van der Waals surface area contributed by atoms with Crippen LogP contribution in [-0.2, 0) is 6.42 Å². The molecule has 3 heteroatoms. The number of hydrogen-bond donors (Lipinski definition) is 1. The Kier molecular flexibility index (Phi) is 4.95. The molecule has 1 aliphatic rings. The quantitative estimate of drug-likeness (QED) is 0.827. The first-order valence-corrected chi connectivity index (χ1v) is 7.84. The van der Waals surface area contributed by atoms with Gasteiger partial charge in [-0.25, -0.2) is 0 Å². The van der Waals surface area contributed by atoms with Crippen LogP contribution < -0.4 is 10.5 Å². The van der Waals surface area contributed by atoms with Crippen LogP contribution in [0, 0.1) is 0 Å². The van der Waals surface area contributed by atoms with E-state index in [4.69, 9.17) is 10.5 Å². The van der Waals surface area contributed by atoms with Gasteiger partial charge < -0.3 is 10.5 Å². The SMILES string of the molecule is CC(C)SCCOc1ccc2c(c1)[C@@H](N)CCC2. The molecule has 2 nitrogen and oxygen atoms in total. The van der Waals surface area contributed by atoms with Gasteiger partial charge in [-0.05, 0) is 47.8 Å². The fourth-order valence-electron chi connectivity index (χ4n) is 2.35. The number of rotatable bonds is 5. The number of benzene rings is 1. The number of nitrogens with two attached hydrogens (primary N) is 1. The second-order valence-corrected chi connectivity index (χ2v) is 6.81. The van der Waals surface area contributed by atoms with Gasteiger partial charge in [0, 0.05) is 11.8 Å². The van der Waals surface area contributed by atoms with E-state index in [2.05, 4.69) is 32.0 Å². The molecule has 0 unspecified atom stereocenters. The van der Waals surface area contributed by atoms with E-state index >= 15 is 0 Å². The molecule has 0 fully saturated rings. The Bertz CT molecular complexity index is 392.